The molecule has 0 aromatic heterocycles. The summed E-state index contributed by atoms with van der Waals surface area (Å²) in [5.74, 6) is -0.636. The minimum atomic E-state index is -0.419. The first-order valence-corrected chi connectivity index (χ1v) is 10.0. The van der Waals surface area contributed by atoms with Gasteiger partial charge in [0.25, 0.3) is 0 Å². The van der Waals surface area contributed by atoms with Gasteiger partial charge in [0.15, 0.2) is 0 Å². The average Bonchev–Trinajstić information content (AvgIpc) is 2.61. The van der Waals surface area contributed by atoms with Crippen molar-refractivity contribution in [2.24, 2.45) is 11.8 Å². The first-order valence-electron chi connectivity index (χ1n) is 10.0. The molecule has 0 aliphatic heterocycles. The quantitative estimate of drug-likeness (QED) is 0.509. The second-order valence-electron chi connectivity index (χ2n) is 8.01. The Morgan fingerprint density at radius 3 is 2.32 bits per heavy atom. The topological polar surface area (TPSA) is 52.6 Å². The third-order valence-electron chi connectivity index (χ3n) is 5.15. The van der Waals surface area contributed by atoms with E-state index in [0.717, 1.165) is 12.8 Å². The molecule has 1 aromatic rings. The third-order valence-corrected chi connectivity index (χ3v) is 5.15. The van der Waals surface area contributed by atoms with Crippen LogP contribution in [0.5, 0.6) is 0 Å². The number of benzene rings is 1. The predicted octanol–water partition coefficient (Wildman–Crippen LogP) is 5.49. The van der Waals surface area contributed by atoms with Crippen LogP contribution in [0.4, 0.5) is 0 Å². The maximum atomic E-state index is 12.8. The Bertz CT molecular complexity index is 730. The molecular formula is C24H32O4. The average molecular weight is 385 g/mol. The van der Waals surface area contributed by atoms with Crippen molar-refractivity contribution in [1.82, 2.24) is 0 Å². The summed E-state index contributed by atoms with van der Waals surface area (Å²) in [5.41, 5.74) is 2.89. The molecule has 4 nitrogen and oxygen atoms in total. The molecule has 0 saturated heterocycles. The summed E-state index contributed by atoms with van der Waals surface area (Å²) in [7, 11) is 0. The molecule has 0 radical (unpaired) electrons. The number of esters is 2. The van der Waals surface area contributed by atoms with Crippen molar-refractivity contribution in [2.45, 2.75) is 66.1 Å². The molecule has 28 heavy (non-hydrogen) atoms. The zero-order valence-corrected chi connectivity index (χ0v) is 17.6. The van der Waals surface area contributed by atoms with E-state index >= 15 is 0 Å². The molecule has 2 rings (SSSR count). The van der Waals surface area contributed by atoms with E-state index in [2.05, 4.69) is 33.8 Å². The van der Waals surface area contributed by atoms with Crippen LogP contribution in [0.25, 0.3) is 0 Å². The number of carbonyl (C=O) groups excluding carboxylic acids is 2. The van der Waals surface area contributed by atoms with Crippen LogP contribution in [-0.2, 0) is 14.3 Å². The second kappa shape index (κ2) is 10.3. The summed E-state index contributed by atoms with van der Waals surface area (Å²) in [6, 6.07) is 9.02. The Labute approximate surface area is 168 Å². The van der Waals surface area contributed by atoms with E-state index in [1.54, 1.807) is 12.1 Å². The predicted molar refractivity (Wildman–Crippen MR) is 111 cm³/mol. The normalized spacial score (nSPS) is 27.1. The van der Waals surface area contributed by atoms with Gasteiger partial charge in [0.05, 0.1) is 5.56 Å². The van der Waals surface area contributed by atoms with Crippen LogP contribution in [0.1, 0.15) is 64.2 Å². The first-order chi connectivity index (χ1) is 13.3. The van der Waals surface area contributed by atoms with Gasteiger partial charge >= 0.3 is 11.9 Å². The Kier molecular flexibility index (Phi) is 8.04. The standard InChI is InChI=1S/C24H32O4/c1-16(2)23-21(27-19(5)25)14-17(3)10-9-11-18(4)15-22(23)28-24(26)20-12-7-6-8-13-20/h6-8,11-14,16,21-23H,9-10,15H2,1-5H3/b17-14+,18-11+/t21-,22-,23-/m0/s1. The summed E-state index contributed by atoms with van der Waals surface area (Å²) >= 11 is 0. The molecule has 4 heteroatoms. The smallest absolute Gasteiger partial charge is 0.338 e. The number of ether oxygens (including phenoxy) is 2. The molecule has 1 aliphatic carbocycles. The largest absolute Gasteiger partial charge is 0.458 e. The maximum absolute atomic E-state index is 12.8. The zero-order chi connectivity index (χ0) is 20.7. The monoisotopic (exact) mass is 384 g/mol. The molecular weight excluding hydrogens is 352 g/mol. The number of hydrogen-bond acceptors (Lipinski definition) is 4. The van der Waals surface area contributed by atoms with E-state index in [1.165, 1.54) is 18.1 Å². The fraction of sp³-hybridized carbons (Fsp3) is 0.500. The van der Waals surface area contributed by atoms with Crippen molar-refractivity contribution in [3.63, 3.8) is 0 Å². The lowest BCUT2D eigenvalue weighted by molar-refractivity contribution is -0.149. The first kappa shape index (κ1) is 21.9. The lowest BCUT2D eigenvalue weighted by atomic mass is 9.81. The van der Waals surface area contributed by atoms with E-state index in [1.807, 2.05) is 24.3 Å². The molecule has 0 fully saturated rings. The van der Waals surface area contributed by atoms with Gasteiger partial charge in [-0.15, -0.1) is 0 Å². The van der Waals surface area contributed by atoms with E-state index in [9.17, 15) is 9.59 Å². The van der Waals surface area contributed by atoms with Crippen molar-refractivity contribution in [1.29, 1.82) is 0 Å². The Balaban J connectivity index is 2.40. The zero-order valence-electron chi connectivity index (χ0n) is 17.6. The number of hydrogen-bond donors (Lipinski definition) is 0. The molecule has 0 heterocycles. The van der Waals surface area contributed by atoms with Crippen LogP contribution in [-0.4, -0.2) is 24.1 Å². The minimum absolute atomic E-state index is 0.132. The second-order valence-corrected chi connectivity index (χ2v) is 8.01. The van der Waals surface area contributed by atoms with Gasteiger partial charge in [-0.1, -0.05) is 49.3 Å². The van der Waals surface area contributed by atoms with E-state index in [0.29, 0.717) is 12.0 Å². The van der Waals surface area contributed by atoms with Crippen LogP contribution in [0.15, 0.2) is 53.6 Å². The van der Waals surface area contributed by atoms with Gasteiger partial charge in [-0.25, -0.2) is 4.79 Å². The lowest BCUT2D eigenvalue weighted by Crippen LogP contribution is -2.40. The van der Waals surface area contributed by atoms with Crippen LogP contribution >= 0.6 is 0 Å². The Morgan fingerprint density at radius 1 is 1.04 bits per heavy atom. The summed E-state index contributed by atoms with van der Waals surface area (Å²) in [5, 5.41) is 0. The van der Waals surface area contributed by atoms with Gasteiger partial charge in [0.1, 0.15) is 12.2 Å². The van der Waals surface area contributed by atoms with Crippen LogP contribution in [0, 0.1) is 11.8 Å². The highest BCUT2D eigenvalue weighted by Crippen LogP contribution is 2.32. The third kappa shape index (κ3) is 6.36. The van der Waals surface area contributed by atoms with Crippen LogP contribution in [0.3, 0.4) is 0 Å². The molecule has 0 spiro atoms. The fourth-order valence-corrected chi connectivity index (χ4v) is 3.78. The van der Waals surface area contributed by atoms with Crippen LogP contribution < -0.4 is 0 Å². The van der Waals surface area contributed by atoms with Crippen molar-refractivity contribution >= 4 is 11.9 Å². The van der Waals surface area contributed by atoms with Gasteiger partial charge in [-0.2, -0.15) is 0 Å². The fourth-order valence-electron chi connectivity index (χ4n) is 3.78. The molecule has 152 valence electrons. The van der Waals surface area contributed by atoms with Gasteiger partial charge in [-0.05, 0) is 50.8 Å². The van der Waals surface area contributed by atoms with Crippen LogP contribution in [0.2, 0.25) is 0 Å². The number of carbonyl (C=O) groups is 2. The molecule has 0 N–H and O–H groups in total. The molecule has 3 atom stereocenters. The minimum Gasteiger partial charge on any atom is -0.458 e. The molecule has 1 aromatic carbocycles. The van der Waals surface area contributed by atoms with Gasteiger partial charge in [0, 0.05) is 19.3 Å². The molecule has 0 unspecified atom stereocenters. The van der Waals surface area contributed by atoms with E-state index < -0.39 is 6.10 Å². The molecule has 0 saturated carbocycles. The van der Waals surface area contributed by atoms with E-state index in [-0.39, 0.29) is 29.9 Å². The summed E-state index contributed by atoms with van der Waals surface area (Å²) in [6.45, 7) is 9.72. The molecule has 0 bridgehead atoms. The maximum Gasteiger partial charge on any atom is 0.338 e. The van der Waals surface area contributed by atoms with Crippen molar-refractivity contribution in [3.05, 3.63) is 59.2 Å². The van der Waals surface area contributed by atoms with Crippen molar-refractivity contribution in [2.75, 3.05) is 0 Å². The summed E-state index contributed by atoms with van der Waals surface area (Å²) in [6.07, 6.45) is 5.92. The van der Waals surface area contributed by atoms with Crippen molar-refractivity contribution in [3.8, 4) is 0 Å². The lowest BCUT2D eigenvalue weighted by Gasteiger charge is -2.35. The highest BCUT2D eigenvalue weighted by Gasteiger charge is 2.36. The van der Waals surface area contributed by atoms with Gasteiger partial charge in [0.2, 0.25) is 0 Å². The van der Waals surface area contributed by atoms with E-state index in [4.69, 9.17) is 9.47 Å². The Morgan fingerprint density at radius 2 is 1.71 bits per heavy atom. The van der Waals surface area contributed by atoms with Gasteiger partial charge < -0.3 is 9.47 Å². The number of rotatable bonds is 4. The van der Waals surface area contributed by atoms with Crippen molar-refractivity contribution < 1.29 is 19.1 Å². The molecule has 0 amide bonds. The highest BCUT2D eigenvalue weighted by molar-refractivity contribution is 5.89. The summed E-state index contributed by atoms with van der Waals surface area (Å²) < 4.78 is 11.7. The van der Waals surface area contributed by atoms with Gasteiger partial charge in [-0.3, -0.25) is 4.79 Å². The molecule has 1 aliphatic rings. The Hall–Kier alpha value is -2.36. The summed E-state index contributed by atoms with van der Waals surface area (Å²) in [4.78, 5) is 24.6. The SMILES string of the molecule is CC(=O)O[C@H]1/C=C(\C)CC/C=C(\C)C[C@H](OC(=O)c2ccccc2)[C@H]1C(C)C. The number of allylic oxidation sites excluding steroid dienone is 2. The highest BCUT2D eigenvalue weighted by atomic mass is 16.6.